The normalized spacial score (nSPS) is 12.2. The van der Waals surface area contributed by atoms with E-state index in [-0.39, 0.29) is 18.4 Å². The van der Waals surface area contributed by atoms with Crippen molar-refractivity contribution >= 4 is 5.91 Å². The Morgan fingerprint density at radius 3 is 2.46 bits per heavy atom. The molecule has 1 amide bonds. The third-order valence-corrected chi connectivity index (χ3v) is 1.90. The predicted octanol–water partition coefficient (Wildman–Crippen LogP) is -0.281. The van der Waals surface area contributed by atoms with Crippen molar-refractivity contribution in [3.8, 4) is 0 Å². The third-order valence-electron chi connectivity index (χ3n) is 1.90. The molecule has 0 saturated heterocycles. The summed E-state index contributed by atoms with van der Waals surface area (Å²) in [5.41, 5.74) is 8.44. The first kappa shape index (κ1) is 9.70. The zero-order valence-electron chi connectivity index (χ0n) is 7.23. The summed E-state index contributed by atoms with van der Waals surface area (Å²) in [6.07, 6.45) is 0. The zero-order valence-corrected chi connectivity index (χ0v) is 7.23. The highest BCUT2D eigenvalue weighted by atomic mass is 16.2. The average molecular weight is 179 g/mol. The number of rotatable bonds is 3. The van der Waals surface area contributed by atoms with Crippen LogP contribution in [-0.4, -0.2) is 12.5 Å². The number of hydrazine groups is 1. The highest BCUT2D eigenvalue weighted by Gasteiger charge is 2.16. The van der Waals surface area contributed by atoms with Crippen LogP contribution >= 0.6 is 0 Å². The quantitative estimate of drug-likeness (QED) is 0.339. The van der Waals surface area contributed by atoms with E-state index >= 15 is 0 Å². The Bertz CT molecular complexity index is 273. The number of carbonyl (C=O) groups is 1. The van der Waals surface area contributed by atoms with Crippen molar-refractivity contribution in [3.63, 3.8) is 0 Å². The number of nitrogens with two attached hydrogens (primary N) is 2. The van der Waals surface area contributed by atoms with Crippen LogP contribution in [0.15, 0.2) is 30.3 Å². The molecule has 0 aliphatic rings. The fraction of sp³-hybridized carbons (Fsp3) is 0.222. The minimum absolute atomic E-state index is 0.256. The Balaban J connectivity index is 2.85. The smallest absolute Gasteiger partial charge is 0.242 e. The first-order chi connectivity index (χ1) is 6.29. The number of hydrogen-bond acceptors (Lipinski definition) is 3. The van der Waals surface area contributed by atoms with Gasteiger partial charge in [-0.25, -0.2) is 5.84 Å². The molecule has 1 aromatic carbocycles. The molecular weight excluding hydrogens is 166 g/mol. The molecule has 0 spiro atoms. The molecule has 0 saturated carbocycles. The van der Waals surface area contributed by atoms with Gasteiger partial charge in [0.15, 0.2) is 0 Å². The second-order valence-electron chi connectivity index (χ2n) is 2.71. The van der Waals surface area contributed by atoms with Gasteiger partial charge in [0.25, 0.3) is 0 Å². The molecule has 0 aromatic heterocycles. The maximum atomic E-state index is 11.2. The van der Waals surface area contributed by atoms with Crippen LogP contribution in [0.2, 0.25) is 0 Å². The number of benzene rings is 1. The lowest BCUT2D eigenvalue weighted by atomic mass is 9.99. The van der Waals surface area contributed by atoms with Crippen LogP contribution in [0.1, 0.15) is 11.5 Å². The van der Waals surface area contributed by atoms with Crippen LogP contribution in [0.4, 0.5) is 0 Å². The molecule has 0 aliphatic heterocycles. The van der Waals surface area contributed by atoms with Gasteiger partial charge in [0.1, 0.15) is 0 Å². The van der Waals surface area contributed by atoms with Gasteiger partial charge in [-0.05, 0) is 5.56 Å². The van der Waals surface area contributed by atoms with Crippen LogP contribution in [0.3, 0.4) is 0 Å². The first-order valence-corrected chi connectivity index (χ1v) is 4.05. The van der Waals surface area contributed by atoms with Crippen LogP contribution in [0.25, 0.3) is 0 Å². The lowest BCUT2D eigenvalue weighted by molar-refractivity contribution is -0.122. The molecule has 0 fully saturated rings. The Morgan fingerprint density at radius 1 is 1.38 bits per heavy atom. The Morgan fingerprint density at radius 2 is 2.00 bits per heavy atom. The second kappa shape index (κ2) is 4.59. The van der Waals surface area contributed by atoms with Crippen molar-refractivity contribution in [2.24, 2.45) is 11.6 Å². The van der Waals surface area contributed by atoms with Crippen molar-refractivity contribution in [2.75, 3.05) is 6.54 Å². The van der Waals surface area contributed by atoms with Gasteiger partial charge in [0.05, 0.1) is 5.92 Å². The molecule has 1 atom stereocenters. The van der Waals surface area contributed by atoms with E-state index in [9.17, 15) is 4.79 Å². The van der Waals surface area contributed by atoms with Gasteiger partial charge in [-0.15, -0.1) is 0 Å². The molecular formula is C9H13N3O. The number of amides is 1. The van der Waals surface area contributed by atoms with Gasteiger partial charge in [-0.2, -0.15) is 0 Å². The summed E-state index contributed by atoms with van der Waals surface area (Å²) in [5, 5.41) is 0. The standard InChI is InChI=1S/C9H13N3O/c10-6-8(9(13)12-11)7-4-2-1-3-5-7/h1-5,8H,6,10-11H2,(H,12,13). The molecule has 13 heavy (non-hydrogen) atoms. The van der Waals surface area contributed by atoms with Gasteiger partial charge in [0.2, 0.25) is 5.91 Å². The SMILES string of the molecule is NCC(C(=O)NN)c1ccccc1. The lowest BCUT2D eigenvalue weighted by Gasteiger charge is -2.12. The molecule has 0 aliphatic carbocycles. The number of carbonyl (C=O) groups excluding carboxylic acids is 1. The van der Waals surface area contributed by atoms with Crippen LogP contribution in [0, 0.1) is 0 Å². The van der Waals surface area contributed by atoms with Crippen LogP contribution < -0.4 is 17.0 Å². The van der Waals surface area contributed by atoms with E-state index in [1.165, 1.54) is 0 Å². The molecule has 5 N–H and O–H groups in total. The van der Waals surface area contributed by atoms with Gasteiger partial charge >= 0.3 is 0 Å². The minimum Gasteiger partial charge on any atom is -0.329 e. The minimum atomic E-state index is -0.355. The summed E-state index contributed by atoms with van der Waals surface area (Å²) in [4.78, 5) is 11.2. The Kier molecular flexibility index (Phi) is 3.42. The monoisotopic (exact) mass is 179 g/mol. The Hall–Kier alpha value is -1.39. The molecule has 1 unspecified atom stereocenters. The van der Waals surface area contributed by atoms with Gasteiger partial charge in [0, 0.05) is 6.54 Å². The van der Waals surface area contributed by atoms with Crippen molar-refractivity contribution in [1.29, 1.82) is 0 Å². The van der Waals surface area contributed by atoms with Crippen molar-refractivity contribution in [2.45, 2.75) is 5.92 Å². The topological polar surface area (TPSA) is 81.1 Å². The maximum Gasteiger partial charge on any atom is 0.242 e. The van der Waals surface area contributed by atoms with E-state index < -0.39 is 0 Å². The van der Waals surface area contributed by atoms with E-state index in [1.54, 1.807) is 0 Å². The molecule has 70 valence electrons. The number of nitrogens with one attached hydrogen (secondary N) is 1. The van der Waals surface area contributed by atoms with Crippen molar-refractivity contribution in [3.05, 3.63) is 35.9 Å². The molecule has 0 bridgehead atoms. The van der Waals surface area contributed by atoms with E-state index in [0.717, 1.165) is 5.56 Å². The summed E-state index contributed by atoms with van der Waals surface area (Å²) < 4.78 is 0. The molecule has 4 heteroatoms. The average Bonchev–Trinajstić information content (AvgIpc) is 2.20. The third kappa shape index (κ3) is 2.27. The van der Waals surface area contributed by atoms with E-state index in [2.05, 4.69) is 5.43 Å². The fourth-order valence-corrected chi connectivity index (χ4v) is 1.18. The summed E-state index contributed by atoms with van der Waals surface area (Å²) >= 11 is 0. The van der Waals surface area contributed by atoms with Gasteiger partial charge in [-0.1, -0.05) is 30.3 Å². The molecule has 4 nitrogen and oxygen atoms in total. The molecule has 0 heterocycles. The molecule has 1 aromatic rings. The highest BCUT2D eigenvalue weighted by molar-refractivity contribution is 5.83. The van der Waals surface area contributed by atoms with E-state index in [0.29, 0.717) is 0 Å². The number of hydrogen-bond donors (Lipinski definition) is 3. The Labute approximate surface area is 76.9 Å². The maximum absolute atomic E-state index is 11.2. The van der Waals surface area contributed by atoms with Crippen LogP contribution in [-0.2, 0) is 4.79 Å². The van der Waals surface area contributed by atoms with Crippen LogP contribution in [0.5, 0.6) is 0 Å². The summed E-state index contributed by atoms with van der Waals surface area (Å²) in [6, 6.07) is 9.32. The van der Waals surface area contributed by atoms with Crippen molar-refractivity contribution < 1.29 is 4.79 Å². The predicted molar refractivity (Wildman–Crippen MR) is 50.6 cm³/mol. The summed E-state index contributed by atoms with van der Waals surface area (Å²) in [6.45, 7) is 0.257. The summed E-state index contributed by atoms with van der Waals surface area (Å²) in [7, 11) is 0. The largest absolute Gasteiger partial charge is 0.329 e. The fourth-order valence-electron chi connectivity index (χ4n) is 1.18. The van der Waals surface area contributed by atoms with E-state index in [4.69, 9.17) is 11.6 Å². The highest BCUT2D eigenvalue weighted by Crippen LogP contribution is 2.13. The first-order valence-electron chi connectivity index (χ1n) is 4.05. The lowest BCUT2D eigenvalue weighted by Crippen LogP contribution is -2.37. The molecule has 1 rings (SSSR count). The van der Waals surface area contributed by atoms with Crippen molar-refractivity contribution in [1.82, 2.24) is 5.43 Å². The molecule has 0 radical (unpaired) electrons. The zero-order chi connectivity index (χ0) is 9.68. The van der Waals surface area contributed by atoms with Gasteiger partial charge in [-0.3, -0.25) is 10.2 Å². The summed E-state index contributed by atoms with van der Waals surface area (Å²) in [5.74, 6) is 4.42. The second-order valence-corrected chi connectivity index (χ2v) is 2.71. The van der Waals surface area contributed by atoms with E-state index in [1.807, 2.05) is 30.3 Å². The van der Waals surface area contributed by atoms with Gasteiger partial charge < -0.3 is 5.73 Å².